The van der Waals surface area contributed by atoms with Crippen molar-refractivity contribution in [2.45, 2.75) is 16.6 Å². The molecule has 33 heavy (non-hydrogen) atoms. The van der Waals surface area contributed by atoms with Gasteiger partial charge in [0.15, 0.2) is 5.11 Å². The second-order valence-electron chi connectivity index (χ2n) is 7.17. The Morgan fingerprint density at radius 2 is 1.76 bits per heavy atom. The van der Waals surface area contributed by atoms with Crippen molar-refractivity contribution in [2.24, 2.45) is 0 Å². The minimum atomic E-state index is -0.525. The maximum absolute atomic E-state index is 13.0. The fraction of sp³-hybridized carbons (Fsp3) is 0.125. The van der Waals surface area contributed by atoms with Crippen LogP contribution in [0.2, 0.25) is 5.02 Å². The number of benzene rings is 3. The Morgan fingerprint density at radius 3 is 2.48 bits per heavy atom. The summed E-state index contributed by atoms with van der Waals surface area (Å²) < 4.78 is 5.14. The summed E-state index contributed by atoms with van der Waals surface area (Å²) in [5.41, 5.74) is 2.10. The molecule has 6 nitrogen and oxygen atoms in total. The van der Waals surface area contributed by atoms with Crippen LogP contribution in [0, 0.1) is 0 Å². The van der Waals surface area contributed by atoms with E-state index in [2.05, 4.69) is 10.6 Å². The molecule has 1 aliphatic rings. The van der Waals surface area contributed by atoms with Crippen LogP contribution < -0.4 is 20.3 Å². The topological polar surface area (TPSA) is 70.7 Å². The SMILES string of the molecule is COc1ccc(N2C(=O)CC(Sc3cccc(NC(=S)Nc4ccccc4)c3)C2=O)cc1Cl. The highest BCUT2D eigenvalue weighted by atomic mass is 35.5. The number of hydrogen-bond acceptors (Lipinski definition) is 5. The second-order valence-corrected chi connectivity index (χ2v) is 9.26. The predicted octanol–water partition coefficient (Wildman–Crippen LogP) is 5.58. The van der Waals surface area contributed by atoms with Crippen LogP contribution in [0.4, 0.5) is 17.1 Å². The Morgan fingerprint density at radius 1 is 1.03 bits per heavy atom. The number of para-hydroxylation sites is 1. The largest absolute Gasteiger partial charge is 0.495 e. The summed E-state index contributed by atoms with van der Waals surface area (Å²) in [6.45, 7) is 0. The quantitative estimate of drug-likeness (QED) is 0.340. The first-order chi connectivity index (χ1) is 15.9. The molecule has 3 aromatic carbocycles. The van der Waals surface area contributed by atoms with Gasteiger partial charge in [-0.25, -0.2) is 4.90 Å². The summed E-state index contributed by atoms with van der Waals surface area (Å²) in [6.07, 6.45) is 0.110. The molecule has 0 radical (unpaired) electrons. The molecule has 1 aliphatic heterocycles. The molecule has 1 fully saturated rings. The van der Waals surface area contributed by atoms with Gasteiger partial charge < -0.3 is 15.4 Å². The standard InChI is InChI=1S/C24H20ClN3O3S2/c1-31-20-11-10-17(13-19(20)25)28-22(29)14-21(23(28)30)33-18-9-5-8-16(12-18)27-24(32)26-15-6-3-2-4-7-15/h2-13,21H,14H2,1H3,(H2,26,27,32). The van der Waals surface area contributed by atoms with Crippen molar-refractivity contribution in [2.75, 3.05) is 22.6 Å². The Hall–Kier alpha value is -3.07. The highest BCUT2D eigenvalue weighted by molar-refractivity contribution is 8.00. The summed E-state index contributed by atoms with van der Waals surface area (Å²) in [6, 6.07) is 22.0. The fourth-order valence-electron chi connectivity index (χ4n) is 3.39. The zero-order valence-electron chi connectivity index (χ0n) is 17.6. The lowest BCUT2D eigenvalue weighted by atomic mass is 10.3. The van der Waals surface area contributed by atoms with Gasteiger partial charge in [-0.2, -0.15) is 0 Å². The number of rotatable bonds is 6. The molecular formula is C24H20ClN3O3S2. The third kappa shape index (κ3) is 5.47. The maximum Gasteiger partial charge on any atom is 0.247 e. The Balaban J connectivity index is 1.43. The van der Waals surface area contributed by atoms with Crippen molar-refractivity contribution in [1.82, 2.24) is 0 Å². The van der Waals surface area contributed by atoms with Gasteiger partial charge >= 0.3 is 0 Å². The van der Waals surface area contributed by atoms with Crippen LogP contribution >= 0.6 is 35.6 Å². The molecule has 0 spiro atoms. The average Bonchev–Trinajstić information content (AvgIpc) is 3.07. The normalized spacial score (nSPS) is 15.5. The van der Waals surface area contributed by atoms with Gasteiger partial charge in [0.25, 0.3) is 0 Å². The van der Waals surface area contributed by atoms with Crippen molar-refractivity contribution >= 4 is 69.6 Å². The molecule has 4 rings (SSSR count). The highest BCUT2D eigenvalue weighted by Crippen LogP contribution is 2.37. The minimum Gasteiger partial charge on any atom is -0.495 e. The van der Waals surface area contributed by atoms with E-state index < -0.39 is 5.25 Å². The summed E-state index contributed by atoms with van der Waals surface area (Å²) in [5.74, 6) is -0.0541. The minimum absolute atomic E-state index is 0.110. The lowest BCUT2D eigenvalue weighted by Crippen LogP contribution is -2.31. The predicted molar refractivity (Wildman–Crippen MR) is 137 cm³/mol. The Bertz CT molecular complexity index is 1210. The number of ether oxygens (including phenoxy) is 1. The van der Waals surface area contributed by atoms with Crippen molar-refractivity contribution in [3.63, 3.8) is 0 Å². The number of thiocarbonyl (C=S) groups is 1. The molecule has 1 atom stereocenters. The van der Waals surface area contributed by atoms with Crippen LogP contribution in [0.3, 0.4) is 0 Å². The molecule has 2 N–H and O–H groups in total. The van der Waals surface area contributed by atoms with Gasteiger partial charge in [-0.05, 0) is 60.7 Å². The van der Waals surface area contributed by atoms with Crippen LogP contribution in [0.25, 0.3) is 0 Å². The van der Waals surface area contributed by atoms with E-state index in [0.29, 0.717) is 21.6 Å². The van der Waals surface area contributed by atoms with Crippen LogP contribution in [0.1, 0.15) is 6.42 Å². The fourth-order valence-corrected chi connectivity index (χ4v) is 4.99. The lowest BCUT2D eigenvalue weighted by Gasteiger charge is -2.16. The van der Waals surface area contributed by atoms with Crippen LogP contribution in [-0.2, 0) is 9.59 Å². The molecule has 3 aromatic rings. The van der Waals surface area contributed by atoms with Crippen molar-refractivity contribution in [3.8, 4) is 5.75 Å². The van der Waals surface area contributed by atoms with Crippen LogP contribution in [0.5, 0.6) is 5.75 Å². The van der Waals surface area contributed by atoms with Crippen molar-refractivity contribution in [3.05, 3.63) is 77.8 Å². The first-order valence-electron chi connectivity index (χ1n) is 10.0. The number of hydrogen-bond donors (Lipinski definition) is 2. The molecular weight excluding hydrogens is 478 g/mol. The summed E-state index contributed by atoms with van der Waals surface area (Å²) >= 11 is 12.9. The van der Waals surface area contributed by atoms with E-state index in [4.69, 9.17) is 28.6 Å². The zero-order valence-corrected chi connectivity index (χ0v) is 20.0. The first kappa shape index (κ1) is 23.1. The number of nitrogens with zero attached hydrogens (tertiary/aromatic N) is 1. The van der Waals surface area contributed by atoms with Gasteiger partial charge in [0.2, 0.25) is 11.8 Å². The van der Waals surface area contributed by atoms with E-state index in [1.54, 1.807) is 18.2 Å². The number of methoxy groups -OCH3 is 1. The average molecular weight is 498 g/mol. The van der Waals surface area contributed by atoms with E-state index in [-0.39, 0.29) is 18.2 Å². The number of nitrogens with one attached hydrogen (secondary N) is 2. The lowest BCUT2D eigenvalue weighted by molar-refractivity contribution is -0.121. The van der Waals surface area contributed by atoms with E-state index in [1.807, 2.05) is 54.6 Å². The van der Waals surface area contributed by atoms with Gasteiger partial charge in [0.05, 0.1) is 23.1 Å². The molecule has 0 aliphatic carbocycles. The van der Waals surface area contributed by atoms with Crippen molar-refractivity contribution in [1.29, 1.82) is 0 Å². The Kier molecular flexibility index (Phi) is 7.17. The smallest absolute Gasteiger partial charge is 0.247 e. The number of amides is 2. The highest BCUT2D eigenvalue weighted by Gasteiger charge is 2.40. The number of anilines is 3. The maximum atomic E-state index is 13.0. The van der Waals surface area contributed by atoms with Crippen LogP contribution in [0.15, 0.2) is 77.7 Å². The molecule has 168 valence electrons. The Labute approximate surface area is 206 Å². The van der Waals surface area contributed by atoms with Gasteiger partial charge in [-0.3, -0.25) is 9.59 Å². The molecule has 9 heteroatoms. The van der Waals surface area contributed by atoms with Crippen LogP contribution in [-0.4, -0.2) is 29.3 Å². The van der Waals surface area contributed by atoms with E-state index in [9.17, 15) is 9.59 Å². The number of carbonyl (C=O) groups is 2. The van der Waals surface area contributed by atoms with Gasteiger partial charge in [0, 0.05) is 22.7 Å². The van der Waals surface area contributed by atoms with Crippen molar-refractivity contribution < 1.29 is 14.3 Å². The molecule has 1 unspecified atom stereocenters. The number of halogens is 1. The molecule has 1 saturated heterocycles. The molecule has 2 amide bonds. The van der Waals surface area contributed by atoms with Gasteiger partial charge in [0.1, 0.15) is 5.75 Å². The second kappa shape index (κ2) is 10.2. The molecule has 0 aromatic heterocycles. The summed E-state index contributed by atoms with van der Waals surface area (Å²) in [7, 11) is 1.51. The summed E-state index contributed by atoms with van der Waals surface area (Å²) in [4.78, 5) is 27.7. The third-order valence-corrected chi connectivity index (χ3v) is 6.58. The number of thioether (sulfide) groups is 1. The van der Waals surface area contributed by atoms with Gasteiger partial charge in [-0.15, -0.1) is 11.8 Å². The molecule has 0 bridgehead atoms. The zero-order chi connectivity index (χ0) is 23.4. The van der Waals surface area contributed by atoms with Gasteiger partial charge in [-0.1, -0.05) is 35.9 Å². The third-order valence-electron chi connectivity index (χ3n) is 4.90. The van der Waals surface area contributed by atoms with E-state index in [1.165, 1.54) is 23.8 Å². The summed E-state index contributed by atoms with van der Waals surface area (Å²) in [5, 5.41) is 6.54. The number of carbonyl (C=O) groups excluding carboxylic acids is 2. The molecule has 0 saturated carbocycles. The van der Waals surface area contributed by atoms with E-state index in [0.717, 1.165) is 16.3 Å². The first-order valence-corrected chi connectivity index (χ1v) is 11.7. The monoisotopic (exact) mass is 497 g/mol. The van der Waals surface area contributed by atoms with E-state index >= 15 is 0 Å². The number of imide groups is 1. The molecule has 1 heterocycles.